The van der Waals surface area contributed by atoms with E-state index in [1.165, 1.54) is 23.1 Å². The quantitative estimate of drug-likeness (QED) is 0.817. The molecule has 0 N–H and O–H groups in total. The van der Waals surface area contributed by atoms with E-state index in [0.717, 1.165) is 6.42 Å². The van der Waals surface area contributed by atoms with Gasteiger partial charge in [-0.15, -0.1) is 13.2 Å². The van der Waals surface area contributed by atoms with E-state index in [2.05, 4.69) is 4.74 Å². The maximum atomic E-state index is 12.2. The predicted octanol–water partition coefficient (Wildman–Crippen LogP) is 2.74. The molecule has 1 amide bonds. The van der Waals surface area contributed by atoms with Crippen LogP contribution >= 0.6 is 0 Å². The Morgan fingerprint density at radius 3 is 2.50 bits per heavy atom. The number of alkyl halides is 3. The van der Waals surface area contributed by atoms with Crippen molar-refractivity contribution in [3.63, 3.8) is 0 Å². The molecule has 0 radical (unpaired) electrons. The van der Waals surface area contributed by atoms with Crippen molar-refractivity contribution in [1.82, 2.24) is 4.90 Å². The molecule has 0 saturated carbocycles. The van der Waals surface area contributed by atoms with Gasteiger partial charge in [0, 0.05) is 13.1 Å². The third-order valence-corrected chi connectivity index (χ3v) is 2.73. The molecule has 1 saturated heterocycles. The molecule has 1 fully saturated rings. The second-order valence-corrected chi connectivity index (χ2v) is 4.19. The molecule has 1 aliphatic rings. The summed E-state index contributed by atoms with van der Waals surface area (Å²) in [4.78, 5) is 13.5. The number of aryl methyl sites for hydroxylation is 1. The molecule has 0 aliphatic carbocycles. The smallest absolute Gasteiger partial charge is 0.405 e. The minimum atomic E-state index is -4.79. The lowest BCUT2D eigenvalue weighted by Gasteiger charge is -2.31. The molecule has 0 spiro atoms. The lowest BCUT2D eigenvalue weighted by Crippen LogP contribution is -2.42. The van der Waals surface area contributed by atoms with E-state index in [-0.39, 0.29) is 5.56 Å². The summed E-state index contributed by atoms with van der Waals surface area (Å²) in [6.07, 6.45) is -3.91. The van der Waals surface area contributed by atoms with Gasteiger partial charge in [-0.3, -0.25) is 4.79 Å². The fourth-order valence-electron chi connectivity index (χ4n) is 1.71. The number of hydrogen-bond donors (Lipinski definition) is 0. The molecule has 1 aliphatic heterocycles. The van der Waals surface area contributed by atoms with Gasteiger partial charge in [-0.2, -0.15) is 0 Å². The summed E-state index contributed by atoms with van der Waals surface area (Å²) in [7, 11) is 0. The van der Waals surface area contributed by atoms with Crippen LogP contribution in [0, 0.1) is 6.92 Å². The molecule has 2 rings (SSSR count). The van der Waals surface area contributed by atoms with Crippen molar-refractivity contribution in [3.05, 3.63) is 29.3 Å². The number of benzene rings is 1. The number of nitrogens with zero attached hydrogens (tertiary/aromatic N) is 1. The summed E-state index contributed by atoms with van der Waals surface area (Å²) in [5, 5.41) is 0. The second-order valence-electron chi connectivity index (χ2n) is 4.19. The Kier molecular flexibility index (Phi) is 3.19. The van der Waals surface area contributed by atoms with Crippen molar-refractivity contribution < 1.29 is 22.7 Å². The third-order valence-electron chi connectivity index (χ3n) is 2.73. The highest BCUT2D eigenvalue weighted by Crippen LogP contribution is 2.29. The van der Waals surface area contributed by atoms with Crippen molar-refractivity contribution >= 4 is 5.91 Å². The van der Waals surface area contributed by atoms with E-state index >= 15 is 0 Å². The molecule has 1 aromatic rings. The van der Waals surface area contributed by atoms with Crippen LogP contribution in [-0.2, 0) is 0 Å². The Bertz CT molecular complexity index is 467. The number of rotatable bonds is 2. The molecular formula is C12H12F3NO2. The van der Waals surface area contributed by atoms with Gasteiger partial charge in [-0.1, -0.05) is 11.6 Å². The first-order valence-corrected chi connectivity index (χ1v) is 5.52. The first-order valence-electron chi connectivity index (χ1n) is 5.52. The Balaban J connectivity index is 2.31. The first kappa shape index (κ1) is 12.7. The zero-order chi connectivity index (χ0) is 13.3. The Hall–Kier alpha value is -1.72. The van der Waals surface area contributed by atoms with Crippen LogP contribution in [0.25, 0.3) is 0 Å². The summed E-state index contributed by atoms with van der Waals surface area (Å²) < 4.78 is 40.6. The normalized spacial score (nSPS) is 15.2. The van der Waals surface area contributed by atoms with Gasteiger partial charge in [0.05, 0.1) is 5.56 Å². The number of ether oxygens (including phenoxy) is 1. The molecule has 0 bridgehead atoms. The van der Waals surface area contributed by atoms with Crippen LogP contribution in [0.5, 0.6) is 5.75 Å². The predicted molar refractivity (Wildman–Crippen MR) is 58.4 cm³/mol. The number of halogens is 3. The molecular weight excluding hydrogens is 247 g/mol. The summed E-state index contributed by atoms with van der Waals surface area (Å²) in [6, 6.07) is 4.07. The minimum absolute atomic E-state index is 0.0352. The number of hydrogen-bond acceptors (Lipinski definition) is 2. The number of likely N-dealkylation sites (tertiary alicyclic amines) is 1. The van der Waals surface area contributed by atoms with Crippen molar-refractivity contribution in [2.45, 2.75) is 19.7 Å². The average molecular weight is 259 g/mol. The standard InChI is InChI=1S/C12H12F3NO2/c1-8-3-4-10(18-12(13,14)15)9(7-8)11(17)16-5-2-6-16/h3-4,7H,2,5-6H2,1H3. The van der Waals surface area contributed by atoms with Gasteiger partial charge in [-0.05, 0) is 25.5 Å². The van der Waals surface area contributed by atoms with E-state index in [0.29, 0.717) is 18.7 Å². The topological polar surface area (TPSA) is 29.5 Å². The molecule has 1 heterocycles. The van der Waals surface area contributed by atoms with Gasteiger partial charge >= 0.3 is 6.36 Å². The summed E-state index contributed by atoms with van der Waals surface area (Å²) in [5.74, 6) is -0.853. The van der Waals surface area contributed by atoms with Crippen LogP contribution < -0.4 is 4.74 Å². The molecule has 3 nitrogen and oxygen atoms in total. The summed E-state index contributed by atoms with van der Waals surface area (Å²) in [5.41, 5.74) is 0.681. The molecule has 1 aromatic carbocycles. The maximum Gasteiger partial charge on any atom is 0.573 e. The van der Waals surface area contributed by atoms with Crippen LogP contribution in [0.2, 0.25) is 0 Å². The van der Waals surface area contributed by atoms with E-state index in [1.807, 2.05) is 0 Å². The van der Waals surface area contributed by atoms with Crippen molar-refractivity contribution in [1.29, 1.82) is 0 Å². The van der Waals surface area contributed by atoms with Crippen LogP contribution in [-0.4, -0.2) is 30.3 Å². The summed E-state index contributed by atoms with van der Waals surface area (Å²) >= 11 is 0. The third kappa shape index (κ3) is 2.75. The molecule has 18 heavy (non-hydrogen) atoms. The second kappa shape index (κ2) is 4.51. The SMILES string of the molecule is Cc1ccc(OC(F)(F)F)c(C(=O)N2CCC2)c1. The van der Waals surface area contributed by atoms with E-state index in [1.54, 1.807) is 6.92 Å². The van der Waals surface area contributed by atoms with Gasteiger partial charge in [0.1, 0.15) is 5.75 Å². The lowest BCUT2D eigenvalue weighted by molar-refractivity contribution is -0.274. The van der Waals surface area contributed by atoms with Crippen LogP contribution in [0.15, 0.2) is 18.2 Å². The number of carbonyl (C=O) groups is 1. The molecule has 0 atom stereocenters. The van der Waals surface area contributed by atoms with Crippen LogP contribution in [0.1, 0.15) is 22.3 Å². The highest BCUT2D eigenvalue weighted by atomic mass is 19.4. The first-order chi connectivity index (χ1) is 8.37. The summed E-state index contributed by atoms with van der Waals surface area (Å²) in [6.45, 7) is 2.88. The van der Waals surface area contributed by atoms with Crippen LogP contribution in [0.3, 0.4) is 0 Å². The monoisotopic (exact) mass is 259 g/mol. The Morgan fingerprint density at radius 2 is 2.00 bits per heavy atom. The Labute approximate surface area is 102 Å². The van der Waals surface area contributed by atoms with Gasteiger partial charge in [0.25, 0.3) is 5.91 Å². The van der Waals surface area contributed by atoms with Crippen molar-refractivity contribution in [3.8, 4) is 5.75 Å². The van der Waals surface area contributed by atoms with E-state index in [9.17, 15) is 18.0 Å². The molecule has 0 unspecified atom stereocenters. The van der Waals surface area contributed by atoms with E-state index in [4.69, 9.17) is 0 Å². The maximum absolute atomic E-state index is 12.2. The van der Waals surface area contributed by atoms with Crippen molar-refractivity contribution in [2.75, 3.05) is 13.1 Å². The van der Waals surface area contributed by atoms with Gasteiger partial charge in [0.2, 0.25) is 0 Å². The Morgan fingerprint density at radius 1 is 1.33 bits per heavy atom. The van der Waals surface area contributed by atoms with Gasteiger partial charge < -0.3 is 9.64 Å². The highest BCUT2D eigenvalue weighted by Gasteiger charge is 2.34. The molecule has 98 valence electrons. The molecule has 0 aromatic heterocycles. The highest BCUT2D eigenvalue weighted by molar-refractivity contribution is 5.97. The lowest BCUT2D eigenvalue weighted by atomic mass is 10.1. The van der Waals surface area contributed by atoms with Gasteiger partial charge in [-0.25, -0.2) is 0 Å². The minimum Gasteiger partial charge on any atom is -0.405 e. The van der Waals surface area contributed by atoms with Gasteiger partial charge in [0.15, 0.2) is 0 Å². The number of amides is 1. The fourth-order valence-corrected chi connectivity index (χ4v) is 1.71. The zero-order valence-corrected chi connectivity index (χ0v) is 9.75. The molecule has 6 heteroatoms. The average Bonchev–Trinajstić information content (AvgIpc) is 2.16. The zero-order valence-electron chi connectivity index (χ0n) is 9.75. The van der Waals surface area contributed by atoms with E-state index < -0.39 is 18.0 Å². The van der Waals surface area contributed by atoms with Crippen molar-refractivity contribution in [2.24, 2.45) is 0 Å². The van der Waals surface area contributed by atoms with Crippen LogP contribution in [0.4, 0.5) is 13.2 Å². The largest absolute Gasteiger partial charge is 0.573 e. The fraction of sp³-hybridized carbons (Fsp3) is 0.417. The number of carbonyl (C=O) groups excluding carboxylic acids is 1.